The number of nitrogens with two attached hydrogens (primary N) is 1. The van der Waals surface area contributed by atoms with Crippen LogP contribution in [-0.2, 0) is 13.0 Å². The summed E-state index contributed by atoms with van der Waals surface area (Å²) in [6.07, 6.45) is 5.16. The Kier molecular flexibility index (Phi) is 3.24. The van der Waals surface area contributed by atoms with E-state index < -0.39 is 0 Å². The number of para-hydroxylation sites is 2. The van der Waals surface area contributed by atoms with E-state index in [1.165, 1.54) is 24.2 Å². The Balaban J connectivity index is 1.97. The zero-order valence-electron chi connectivity index (χ0n) is 12.0. The van der Waals surface area contributed by atoms with Crippen LogP contribution < -0.4 is 5.73 Å². The molecule has 3 N–H and O–H groups in total. The minimum absolute atomic E-state index is 0.206. The van der Waals surface area contributed by atoms with Gasteiger partial charge < -0.3 is 10.3 Å². The molecule has 3 rings (SSSR count). The second kappa shape index (κ2) is 4.93. The Morgan fingerprint density at radius 3 is 2.80 bits per heavy atom. The molecule has 106 valence electrons. The number of nitrogens with zero attached hydrogens (tertiary/aromatic N) is 2. The highest BCUT2D eigenvalue weighted by Crippen LogP contribution is 2.50. The number of hydrogen-bond donors (Lipinski definition) is 2. The zero-order chi connectivity index (χ0) is 14.2. The van der Waals surface area contributed by atoms with Gasteiger partial charge in [-0.25, -0.2) is 4.98 Å². The van der Waals surface area contributed by atoms with Gasteiger partial charge in [-0.05, 0) is 36.8 Å². The molecule has 0 atom stereocenters. The Labute approximate surface area is 119 Å². The van der Waals surface area contributed by atoms with Crippen molar-refractivity contribution in [3.63, 3.8) is 0 Å². The van der Waals surface area contributed by atoms with E-state index in [9.17, 15) is 0 Å². The van der Waals surface area contributed by atoms with Gasteiger partial charge in [0.2, 0.25) is 0 Å². The van der Waals surface area contributed by atoms with Crippen LogP contribution >= 0.6 is 0 Å². The summed E-state index contributed by atoms with van der Waals surface area (Å²) in [6.45, 7) is 3.13. The lowest BCUT2D eigenvalue weighted by Crippen LogP contribution is -2.21. The third-order valence-corrected chi connectivity index (χ3v) is 4.22. The number of benzene rings is 1. The highest BCUT2D eigenvalue weighted by Gasteiger charge is 2.43. The number of amidine groups is 1. The standard InChI is InChI=1S/C16H22N4/c1-2-5-15-19-12-6-3-4-7-13(12)20(15)11-16(8-9-16)10-14(17)18/h3-4,6-7H,2,5,8-11H2,1H3,(H3,17,18). The largest absolute Gasteiger partial charge is 0.388 e. The molecule has 1 saturated carbocycles. The molecule has 4 nitrogen and oxygen atoms in total. The molecule has 4 heteroatoms. The first-order valence-electron chi connectivity index (χ1n) is 7.41. The van der Waals surface area contributed by atoms with Crippen LogP contribution in [0.15, 0.2) is 24.3 Å². The first kappa shape index (κ1) is 13.2. The summed E-state index contributed by atoms with van der Waals surface area (Å²) in [7, 11) is 0. The minimum Gasteiger partial charge on any atom is -0.388 e. The topological polar surface area (TPSA) is 67.7 Å². The van der Waals surface area contributed by atoms with Crippen molar-refractivity contribution in [1.82, 2.24) is 9.55 Å². The van der Waals surface area contributed by atoms with Crippen molar-refractivity contribution in [2.45, 2.75) is 45.6 Å². The summed E-state index contributed by atoms with van der Waals surface area (Å²) >= 11 is 0. The number of fused-ring (bicyclic) bond motifs is 1. The van der Waals surface area contributed by atoms with E-state index >= 15 is 0 Å². The summed E-state index contributed by atoms with van der Waals surface area (Å²) in [5.74, 6) is 1.48. The maximum Gasteiger partial charge on any atom is 0.109 e. The first-order valence-corrected chi connectivity index (χ1v) is 7.41. The summed E-state index contributed by atoms with van der Waals surface area (Å²) in [6, 6.07) is 8.33. The first-order chi connectivity index (χ1) is 9.63. The van der Waals surface area contributed by atoms with E-state index in [4.69, 9.17) is 16.1 Å². The SMILES string of the molecule is CCCc1nc2ccccc2n1CC1(CC(=N)N)CC1. The molecule has 0 radical (unpaired) electrons. The number of aryl methyl sites for hydroxylation is 1. The van der Waals surface area contributed by atoms with Crippen molar-refractivity contribution in [1.29, 1.82) is 5.41 Å². The van der Waals surface area contributed by atoms with Crippen molar-refractivity contribution < 1.29 is 0 Å². The predicted molar refractivity (Wildman–Crippen MR) is 81.9 cm³/mol. The highest BCUT2D eigenvalue weighted by atomic mass is 15.1. The lowest BCUT2D eigenvalue weighted by molar-refractivity contribution is 0.433. The van der Waals surface area contributed by atoms with Gasteiger partial charge in [-0.2, -0.15) is 0 Å². The van der Waals surface area contributed by atoms with E-state index in [1.54, 1.807) is 0 Å². The van der Waals surface area contributed by atoms with Gasteiger partial charge in [0.1, 0.15) is 5.82 Å². The van der Waals surface area contributed by atoms with Crippen molar-refractivity contribution in [2.75, 3.05) is 0 Å². The highest BCUT2D eigenvalue weighted by molar-refractivity contribution is 5.78. The Morgan fingerprint density at radius 2 is 2.15 bits per heavy atom. The van der Waals surface area contributed by atoms with E-state index in [2.05, 4.69) is 29.7 Å². The van der Waals surface area contributed by atoms with Gasteiger partial charge in [-0.15, -0.1) is 0 Å². The molecule has 0 unspecified atom stereocenters. The molecule has 0 saturated heterocycles. The van der Waals surface area contributed by atoms with Crippen molar-refractivity contribution in [2.24, 2.45) is 11.1 Å². The van der Waals surface area contributed by atoms with Crippen molar-refractivity contribution in [3.05, 3.63) is 30.1 Å². The normalized spacial score (nSPS) is 16.4. The molecule has 1 fully saturated rings. The van der Waals surface area contributed by atoms with Gasteiger partial charge in [0.05, 0.1) is 16.9 Å². The van der Waals surface area contributed by atoms with E-state index in [0.29, 0.717) is 12.3 Å². The second-order valence-electron chi connectivity index (χ2n) is 6.05. The van der Waals surface area contributed by atoms with Crippen LogP contribution in [0.2, 0.25) is 0 Å². The second-order valence-corrected chi connectivity index (χ2v) is 6.05. The van der Waals surface area contributed by atoms with Crippen LogP contribution in [0.25, 0.3) is 11.0 Å². The number of rotatable bonds is 6. The monoisotopic (exact) mass is 270 g/mol. The van der Waals surface area contributed by atoms with Crippen molar-refractivity contribution >= 4 is 16.9 Å². The molecule has 0 amide bonds. The molecule has 0 bridgehead atoms. The summed E-state index contributed by atoms with van der Waals surface area (Å²) in [5, 5.41) is 7.57. The van der Waals surface area contributed by atoms with E-state index in [0.717, 1.165) is 24.9 Å². The minimum atomic E-state index is 0.206. The number of aromatic nitrogens is 2. The van der Waals surface area contributed by atoms with Crippen LogP contribution in [-0.4, -0.2) is 15.4 Å². The average Bonchev–Trinajstić information content (AvgIpc) is 3.06. The third-order valence-electron chi connectivity index (χ3n) is 4.22. The van der Waals surface area contributed by atoms with E-state index in [1.807, 2.05) is 6.07 Å². The maximum atomic E-state index is 7.57. The van der Waals surface area contributed by atoms with Gasteiger partial charge in [-0.1, -0.05) is 19.1 Å². The molecule has 1 aliphatic rings. The lowest BCUT2D eigenvalue weighted by Gasteiger charge is -2.17. The quantitative estimate of drug-likeness (QED) is 0.625. The number of imidazole rings is 1. The summed E-state index contributed by atoms with van der Waals surface area (Å²) in [5.41, 5.74) is 8.11. The predicted octanol–water partition coefficient (Wildman–Crippen LogP) is 3.10. The van der Waals surface area contributed by atoms with Gasteiger partial charge in [-0.3, -0.25) is 5.41 Å². The van der Waals surface area contributed by atoms with Crippen LogP contribution in [0.4, 0.5) is 0 Å². The fraction of sp³-hybridized carbons (Fsp3) is 0.500. The molecule has 1 heterocycles. The van der Waals surface area contributed by atoms with Gasteiger partial charge in [0, 0.05) is 19.4 Å². The van der Waals surface area contributed by atoms with Crippen LogP contribution in [0.3, 0.4) is 0 Å². The molecule has 1 aliphatic carbocycles. The Bertz CT molecular complexity index is 637. The molecular formula is C16H22N4. The molecule has 2 aromatic rings. The molecular weight excluding hydrogens is 248 g/mol. The van der Waals surface area contributed by atoms with Gasteiger partial charge >= 0.3 is 0 Å². The van der Waals surface area contributed by atoms with Gasteiger partial charge in [0.25, 0.3) is 0 Å². The number of hydrogen-bond acceptors (Lipinski definition) is 2. The Hall–Kier alpha value is -1.84. The van der Waals surface area contributed by atoms with Gasteiger partial charge in [0.15, 0.2) is 0 Å². The molecule has 1 aromatic heterocycles. The fourth-order valence-corrected chi connectivity index (χ4v) is 3.02. The molecule has 20 heavy (non-hydrogen) atoms. The van der Waals surface area contributed by atoms with Crippen LogP contribution in [0.5, 0.6) is 0 Å². The summed E-state index contributed by atoms with van der Waals surface area (Å²) in [4.78, 5) is 4.77. The molecule has 1 aromatic carbocycles. The van der Waals surface area contributed by atoms with Crippen molar-refractivity contribution in [3.8, 4) is 0 Å². The smallest absolute Gasteiger partial charge is 0.109 e. The van der Waals surface area contributed by atoms with Crippen LogP contribution in [0.1, 0.15) is 38.4 Å². The fourth-order valence-electron chi connectivity index (χ4n) is 3.02. The third kappa shape index (κ3) is 2.42. The molecule has 0 aliphatic heterocycles. The summed E-state index contributed by atoms with van der Waals surface area (Å²) < 4.78 is 2.36. The van der Waals surface area contributed by atoms with E-state index in [-0.39, 0.29) is 5.41 Å². The Morgan fingerprint density at radius 1 is 1.40 bits per heavy atom. The lowest BCUT2D eigenvalue weighted by atomic mass is 10.0. The maximum absolute atomic E-state index is 7.57. The average molecular weight is 270 g/mol. The number of nitrogens with one attached hydrogen (secondary N) is 1. The zero-order valence-corrected chi connectivity index (χ0v) is 12.0. The molecule has 0 spiro atoms. The van der Waals surface area contributed by atoms with Crippen LogP contribution in [0, 0.1) is 10.8 Å².